The first kappa shape index (κ1) is 12.3. The minimum atomic E-state index is -0.602. The van der Waals surface area contributed by atoms with Crippen molar-refractivity contribution in [3.63, 3.8) is 0 Å². The lowest BCUT2D eigenvalue weighted by atomic mass is 10.2. The Labute approximate surface area is 110 Å². The van der Waals surface area contributed by atoms with E-state index in [2.05, 4.69) is 31.2 Å². The molecule has 1 N–H and O–H groups in total. The molecule has 8 heteroatoms. The molecule has 2 amide bonds. The van der Waals surface area contributed by atoms with Gasteiger partial charge in [-0.15, -0.1) is 0 Å². The number of aromatic nitrogens is 2. The molecule has 1 unspecified atom stereocenters. The number of carbonyl (C=O) groups is 2. The van der Waals surface area contributed by atoms with Gasteiger partial charge in [-0.05, 0) is 27.5 Å². The lowest BCUT2D eigenvalue weighted by Crippen LogP contribution is -2.32. The number of nitrogens with zero attached hydrogens (tertiary/aromatic N) is 3. The molecule has 2 heterocycles. The lowest BCUT2D eigenvalue weighted by molar-refractivity contribution is -0.136. The van der Waals surface area contributed by atoms with E-state index < -0.39 is 6.04 Å². The molecule has 17 heavy (non-hydrogen) atoms. The van der Waals surface area contributed by atoms with Crippen molar-refractivity contribution in [1.29, 1.82) is 0 Å². The van der Waals surface area contributed by atoms with Crippen molar-refractivity contribution >= 4 is 45.2 Å². The van der Waals surface area contributed by atoms with Crippen molar-refractivity contribution in [1.82, 2.24) is 14.9 Å². The van der Waals surface area contributed by atoms with E-state index >= 15 is 0 Å². The molecule has 1 saturated heterocycles. The van der Waals surface area contributed by atoms with Gasteiger partial charge >= 0.3 is 0 Å². The number of rotatable bonds is 2. The Balaban J connectivity index is 2.19. The van der Waals surface area contributed by atoms with Gasteiger partial charge in [0.1, 0.15) is 11.9 Å². The second-order valence-electron chi connectivity index (χ2n) is 3.53. The molecule has 1 aromatic heterocycles. The van der Waals surface area contributed by atoms with Crippen molar-refractivity contribution in [2.24, 2.45) is 0 Å². The number of hydrogen-bond acceptors (Lipinski definition) is 5. The van der Waals surface area contributed by atoms with Crippen molar-refractivity contribution in [2.75, 3.05) is 12.4 Å². The molecule has 1 fully saturated rings. The molecule has 90 valence electrons. The standard InChI is InChI=1S/C9H8BrClN4O2/c1-15-6(16)2-5(8(15)17)13-7-4(10)3-12-9(11)14-7/h3,5H,2H2,1H3,(H,12,13,14). The molecule has 1 atom stereocenters. The van der Waals surface area contributed by atoms with Gasteiger partial charge in [0.15, 0.2) is 0 Å². The predicted molar refractivity (Wildman–Crippen MR) is 64.5 cm³/mol. The SMILES string of the molecule is CN1C(=O)CC(Nc2nc(Cl)ncc2Br)C1=O. The Kier molecular flexibility index (Phi) is 3.30. The maximum Gasteiger partial charge on any atom is 0.251 e. The summed E-state index contributed by atoms with van der Waals surface area (Å²) in [6.07, 6.45) is 1.59. The fraction of sp³-hybridized carbons (Fsp3) is 0.333. The summed E-state index contributed by atoms with van der Waals surface area (Å²) in [5.41, 5.74) is 0. The second-order valence-corrected chi connectivity index (χ2v) is 4.72. The first-order valence-corrected chi connectivity index (χ1v) is 5.91. The number of anilines is 1. The number of likely N-dealkylation sites (N-methyl/N-ethyl adjacent to an activating group) is 1. The number of hydrogen-bond donors (Lipinski definition) is 1. The molecule has 2 rings (SSSR count). The Bertz CT molecular complexity index is 496. The third-order valence-electron chi connectivity index (χ3n) is 2.41. The van der Waals surface area contributed by atoms with Gasteiger partial charge in [-0.3, -0.25) is 14.5 Å². The van der Waals surface area contributed by atoms with Crippen molar-refractivity contribution in [2.45, 2.75) is 12.5 Å². The number of imide groups is 1. The maximum absolute atomic E-state index is 11.7. The van der Waals surface area contributed by atoms with Gasteiger partial charge < -0.3 is 5.32 Å². The highest BCUT2D eigenvalue weighted by Gasteiger charge is 2.36. The van der Waals surface area contributed by atoms with Crippen LogP contribution < -0.4 is 5.32 Å². The van der Waals surface area contributed by atoms with Crippen LogP contribution in [0.5, 0.6) is 0 Å². The van der Waals surface area contributed by atoms with Gasteiger partial charge in [-0.2, -0.15) is 4.98 Å². The zero-order chi connectivity index (χ0) is 12.6. The van der Waals surface area contributed by atoms with Crippen LogP contribution in [0.2, 0.25) is 5.28 Å². The summed E-state index contributed by atoms with van der Waals surface area (Å²) in [6.45, 7) is 0. The zero-order valence-corrected chi connectivity index (χ0v) is 11.1. The van der Waals surface area contributed by atoms with Crippen molar-refractivity contribution in [3.8, 4) is 0 Å². The molecule has 0 radical (unpaired) electrons. The van der Waals surface area contributed by atoms with Gasteiger partial charge in [-0.1, -0.05) is 0 Å². The van der Waals surface area contributed by atoms with Crippen molar-refractivity contribution < 1.29 is 9.59 Å². The van der Waals surface area contributed by atoms with E-state index in [1.54, 1.807) is 0 Å². The van der Waals surface area contributed by atoms with Crippen LogP contribution >= 0.6 is 27.5 Å². The van der Waals surface area contributed by atoms with E-state index in [9.17, 15) is 9.59 Å². The number of nitrogens with one attached hydrogen (secondary N) is 1. The molecule has 1 aliphatic rings. The van der Waals surface area contributed by atoms with Crippen LogP contribution in [-0.2, 0) is 9.59 Å². The number of likely N-dealkylation sites (tertiary alicyclic amines) is 1. The first-order chi connectivity index (χ1) is 7.99. The Morgan fingerprint density at radius 1 is 1.59 bits per heavy atom. The van der Waals surface area contributed by atoms with E-state index in [0.29, 0.717) is 10.3 Å². The van der Waals surface area contributed by atoms with Crippen LogP contribution in [0.1, 0.15) is 6.42 Å². The molecule has 0 aromatic carbocycles. The molecule has 6 nitrogen and oxygen atoms in total. The molecule has 0 aliphatic carbocycles. The summed E-state index contributed by atoms with van der Waals surface area (Å²) in [6, 6.07) is -0.602. The quantitative estimate of drug-likeness (QED) is 0.652. The summed E-state index contributed by atoms with van der Waals surface area (Å²) in [4.78, 5) is 31.8. The molecular weight excluding hydrogens is 311 g/mol. The fourth-order valence-electron chi connectivity index (χ4n) is 1.48. The molecule has 0 bridgehead atoms. The average molecular weight is 320 g/mol. The summed E-state index contributed by atoms with van der Waals surface area (Å²) >= 11 is 8.88. The highest BCUT2D eigenvalue weighted by Crippen LogP contribution is 2.23. The van der Waals surface area contributed by atoms with Crippen LogP contribution in [-0.4, -0.2) is 39.8 Å². The van der Waals surface area contributed by atoms with Gasteiger partial charge in [0.25, 0.3) is 5.91 Å². The minimum absolute atomic E-state index is 0.0702. The Morgan fingerprint density at radius 2 is 2.29 bits per heavy atom. The average Bonchev–Trinajstić information content (AvgIpc) is 2.52. The van der Waals surface area contributed by atoms with E-state index in [0.717, 1.165) is 4.90 Å². The van der Waals surface area contributed by atoms with Crippen LogP contribution in [0.25, 0.3) is 0 Å². The van der Waals surface area contributed by atoms with Crippen LogP contribution in [0.4, 0.5) is 5.82 Å². The Hall–Kier alpha value is -1.21. The van der Waals surface area contributed by atoms with Gasteiger partial charge in [-0.25, -0.2) is 4.98 Å². The number of halogens is 2. The molecule has 1 aliphatic heterocycles. The molecule has 0 saturated carbocycles. The van der Waals surface area contributed by atoms with Gasteiger partial charge in [0.05, 0.1) is 10.9 Å². The van der Waals surface area contributed by atoms with E-state index in [4.69, 9.17) is 11.6 Å². The molecule has 1 aromatic rings. The lowest BCUT2D eigenvalue weighted by Gasteiger charge is -2.12. The summed E-state index contributed by atoms with van der Waals surface area (Å²) < 4.78 is 0.580. The zero-order valence-electron chi connectivity index (χ0n) is 8.78. The highest BCUT2D eigenvalue weighted by atomic mass is 79.9. The van der Waals surface area contributed by atoms with E-state index in [1.165, 1.54) is 13.2 Å². The topological polar surface area (TPSA) is 75.2 Å². The van der Waals surface area contributed by atoms with Crippen LogP contribution in [0.15, 0.2) is 10.7 Å². The van der Waals surface area contributed by atoms with Gasteiger partial charge in [0, 0.05) is 13.2 Å². The molecule has 0 spiro atoms. The monoisotopic (exact) mass is 318 g/mol. The smallest absolute Gasteiger partial charge is 0.251 e. The Morgan fingerprint density at radius 3 is 2.88 bits per heavy atom. The third kappa shape index (κ3) is 2.39. The fourth-order valence-corrected chi connectivity index (χ4v) is 1.92. The third-order valence-corrected chi connectivity index (χ3v) is 3.17. The minimum Gasteiger partial charge on any atom is -0.357 e. The summed E-state index contributed by atoms with van der Waals surface area (Å²) in [5, 5.41) is 2.94. The van der Waals surface area contributed by atoms with E-state index in [-0.39, 0.29) is 23.5 Å². The predicted octanol–water partition coefficient (Wildman–Crippen LogP) is 1.06. The highest BCUT2D eigenvalue weighted by molar-refractivity contribution is 9.10. The van der Waals surface area contributed by atoms with Crippen molar-refractivity contribution in [3.05, 3.63) is 16.0 Å². The first-order valence-electron chi connectivity index (χ1n) is 4.74. The summed E-state index contributed by atoms with van der Waals surface area (Å²) in [7, 11) is 1.45. The number of carbonyl (C=O) groups excluding carboxylic acids is 2. The largest absolute Gasteiger partial charge is 0.357 e. The normalized spacial score (nSPS) is 19.9. The van der Waals surface area contributed by atoms with Gasteiger partial charge in [0.2, 0.25) is 11.2 Å². The summed E-state index contributed by atoms with van der Waals surface area (Å²) in [5.74, 6) is -0.105. The second kappa shape index (κ2) is 4.58. The van der Waals surface area contributed by atoms with E-state index in [1.807, 2.05) is 0 Å². The number of amides is 2. The van der Waals surface area contributed by atoms with Crippen LogP contribution in [0.3, 0.4) is 0 Å². The maximum atomic E-state index is 11.7. The van der Waals surface area contributed by atoms with Crippen LogP contribution in [0, 0.1) is 0 Å². The molecular formula is C9H8BrClN4O2.